The van der Waals surface area contributed by atoms with E-state index in [-0.39, 0.29) is 12.6 Å². The fourth-order valence-electron chi connectivity index (χ4n) is 1.74. The van der Waals surface area contributed by atoms with Crippen LogP contribution in [0.4, 0.5) is 13.2 Å². The quantitative estimate of drug-likeness (QED) is 0.891. The molecular weight excluding hydrogens is 283 g/mol. The number of benzene rings is 1. The lowest BCUT2D eigenvalue weighted by atomic mass is 10.2. The molecule has 1 atom stereocenters. The van der Waals surface area contributed by atoms with E-state index in [1.54, 1.807) is 24.3 Å². The molecule has 0 spiro atoms. The summed E-state index contributed by atoms with van der Waals surface area (Å²) in [5.74, 6) is 0. The molecule has 0 radical (unpaired) electrons. The SMILES string of the molecule is C[C@H](CO)NCc1ccc(-n2ccc(C(F)(F)F)n2)cc1. The minimum absolute atomic E-state index is 0.00913. The second kappa shape index (κ2) is 6.28. The predicted molar refractivity (Wildman–Crippen MR) is 72.0 cm³/mol. The van der Waals surface area contributed by atoms with Crippen molar-refractivity contribution >= 4 is 0 Å². The molecule has 21 heavy (non-hydrogen) atoms. The van der Waals surface area contributed by atoms with Crippen molar-refractivity contribution < 1.29 is 18.3 Å². The van der Waals surface area contributed by atoms with E-state index in [0.29, 0.717) is 12.2 Å². The van der Waals surface area contributed by atoms with Gasteiger partial charge in [0.1, 0.15) is 0 Å². The average molecular weight is 299 g/mol. The number of nitrogens with zero attached hydrogens (tertiary/aromatic N) is 2. The lowest BCUT2D eigenvalue weighted by Crippen LogP contribution is -2.28. The second-order valence-corrected chi connectivity index (χ2v) is 4.77. The molecule has 2 N–H and O–H groups in total. The first-order valence-corrected chi connectivity index (χ1v) is 6.46. The van der Waals surface area contributed by atoms with Crippen LogP contribution in [0.1, 0.15) is 18.2 Å². The molecule has 0 aliphatic carbocycles. The maximum atomic E-state index is 12.5. The number of hydrogen-bond donors (Lipinski definition) is 2. The van der Waals surface area contributed by atoms with Crippen LogP contribution in [0.15, 0.2) is 36.5 Å². The van der Waals surface area contributed by atoms with E-state index in [4.69, 9.17) is 5.11 Å². The summed E-state index contributed by atoms with van der Waals surface area (Å²) in [5.41, 5.74) is 0.622. The number of alkyl halides is 3. The van der Waals surface area contributed by atoms with Crippen LogP contribution >= 0.6 is 0 Å². The van der Waals surface area contributed by atoms with Gasteiger partial charge < -0.3 is 10.4 Å². The van der Waals surface area contributed by atoms with Gasteiger partial charge in [0, 0.05) is 18.8 Å². The number of aliphatic hydroxyl groups excluding tert-OH is 1. The number of hydrogen-bond acceptors (Lipinski definition) is 3. The molecule has 0 fully saturated rings. The van der Waals surface area contributed by atoms with E-state index in [2.05, 4.69) is 10.4 Å². The summed E-state index contributed by atoms with van der Waals surface area (Å²) in [5, 5.41) is 15.5. The van der Waals surface area contributed by atoms with Crippen LogP contribution in [-0.4, -0.2) is 27.5 Å². The van der Waals surface area contributed by atoms with Crippen molar-refractivity contribution in [1.82, 2.24) is 15.1 Å². The summed E-state index contributed by atoms with van der Waals surface area (Å²) in [6, 6.07) is 7.95. The summed E-state index contributed by atoms with van der Waals surface area (Å²) in [4.78, 5) is 0. The van der Waals surface area contributed by atoms with Crippen LogP contribution in [0.5, 0.6) is 0 Å². The summed E-state index contributed by atoms with van der Waals surface area (Å²) < 4.78 is 38.6. The summed E-state index contributed by atoms with van der Waals surface area (Å²) in [6.45, 7) is 2.48. The van der Waals surface area contributed by atoms with Gasteiger partial charge in [-0.25, -0.2) is 4.68 Å². The molecule has 7 heteroatoms. The molecule has 0 bridgehead atoms. The van der Waals surface area contributed by atoms with E-state index in [0.717, 1.165) is 11.6 Å². The van der Waals surface area contributed by atoms with E-state index in [9.17, 15) is 13.2 Å². The lowest BCUT2D eigenvalue weighted by Gasteiger charge is -2.11. The topological polar surface area (TPSA) is 50.1 Å². The zero-order chi connectivity index (χ0) is 15.5. The van der Waals surface area contributed by atoms with Crippen LogP contribution in [0.2, 0.25) is 0 Å². The zero-order valence-electron chi connectivity index (χ0n) is 11.4. The van der Waals surface area contributed by atoms with Crippen molar-refractivity contribution in [3.8, 4) is 5.69 Å². The molecule has 0 saturated carbocycles. The molecule has 1 heterocycles. The first kappa shape index (κ1) is 15.5. The molecule has 0 saturated heterocycles. The predicted octanol–water partition coefficient (Wildman–Crippen LogP) is 2.36. The highest BCUT2D eigenvalue weighted by Gasteiger charge is 2.33. The third-order valence-electron chi connectivity index (χ3n) is 3.01. The molecular formula is C14H16F3N3O. The third kappa shape index (κ3) is 4.05. The van der Waals surface area contributed by atoms with Gasteiger partial charge in [0.15, 0.2) is 5.69 Å². The summed E-state index contributed by atoms with van der Waals surface area (Å²) >= 11 is 0. The molecule has 1 aromatic carbocycles. The Labute approximate surface area is 120 Å². The number of nitrogens with one attached hydrogen (secondary N) is 1. The maximum Gasteiger partial charge on any atom is 0.435 e. The van der Waals surface area contributed by atoms with Gasteiger partial charge in [0.25, 0.3) is 0 Å². The Kier molecular flexibility index (Phi) is 4.64. The highest BCUT2D eigenvalue weighted by Crippen LogP contribution is 2.27. The van der Waals surface area contributed by atoms with Crippen molar-refractivity contribution in [2.75, 3.05) is 6.61 Å². The van der Waals surface area contributed by atoms with Gasteiger partial charge >= 0.3 is 6.18 Å². The monoisotopic (exact) mass is 299 g/mol. The molecule has 1 aromatic heterocycles. The van der Waals surface area contributed by atoms with Crippen LogP contribution in [0, 0.1) is 0 Å². The van der Waals surface area contributed by atoms with Gasteiger partial charge in [0.05, 0.1) is 12.3 Å². The first-order chi connectivity index (χ1) is 9.90. The minimum Gasteiger partial charge on any atom is -0.395 e. The lowest BCUT2D eigenvalue weighted by molar-refractivity contribution is -0.141. The van der Waals surface area contributed by atoms with Gasteiger partial charge in [-0.05, 0) is 30.7 Å². The molecule has 0 unspecified atom stereocenters. The van der Waals surface area contributed by atoms with Gasteiger partial charge in [-0.1, -0.05) is 12.1 Å². The van der Waals surface area contributed by atoms with E-state index in [1.807, 2.05) is 6.92 Å². The van der Waals surface area contributed by atoms with E-state index < -0.39 is 11.9 Å². The Morgan fingerprint density at radius 3 is 2.43 bits per heavy atom. The first-order valence-electron chi connectivity index (χ1n) is 6.46. The maximum absolute atomic E-state index is 12.5. The van der Waals surface area contributed by atoms with Crippen molar-refractivity contribution in [3.63, 3.8) is 0 Å². The minimum atomic E-state index is -4.43. The number of halogens is 3. The Balaban J connectivity index is 2.07. The van der Waals surface area contributed by atoms with Crippen LogP contribution < -0.4 is 5.32 Å². The number of aromatic nitrogens is 2. The van der Waals surface area contributed by atoms with Crippen molar-refractivity contribution in [2.45, 2.75) is 25.7 Å². The summed E-state index contributed by atoms with van der Waals surface area (Å²) in [6.07, 6.45) is -3.15. The third-order valence-corrected chi connectivity index (χ3v) is 3.01. The zero-order valence-corrected chi connectivity index (χ0v) is 11.4. The van der Waals surface area contributed by atoms with Gasteiger partial charge in [-0.15, -0.1) is 0 Å². The highest BCUT2D eigenvalue weighted by atomic mass is 19.4. The van der Waals surface area contributed by atoms with Crippen molar-refractivity contribution in [3.05, 3.63) is 47.8 Å². The Bertz CT molecular complexity index is 578. The van der Waals surface area contributed by atoms with E-state index in [1.165, 1.54) is 10.9 Å². The Hall–Kier alpha value is -1.86. The average Bonchev–Trinajstić information content (AvgIpc) is 2.95. The molecule has 114 valence electrons. The largest absolute Gasteiger partial charge is 0.435 e. The molecule has 0 aliphatic heterocycles. The molecule has 4 nitrogen and oxygen atoms in total. The standard InChI is InChI=1S/C14H16F3N3O/c1-10(9-21)18-8-11-2-4-12(5-3-11)20-7-6-13(19-20)14(15,16)17/h2-7,10,18,21H,8-9H2,1H3/t10-/m1/s1. The number of rotatable bonds is 5. The fraction of sp³-hybridized carbons (Fsp3) is 0.357. The molecule has 2 rings (SSSR count). The Morgan fingerprint density at radius 2 is 1.90 bits per heavy atom. The van der Waals surface area contributed by atoms with Crippen LogP contribution in [0.3, 0.4) is 0 Å². The van der Waals surface area contributed by atoms with E-state index >= 15 is 0 Å². The van der Waals surface area contributed by atoms with Crippen molar-refractivity contribution in [2.24, 2.45) is 0 Å². The molecule has 0 aliphatic rings. The van der Waals surface area contributed by atoms with Gasteiger partial charge in [-0.2, -0.15) is 18.3 Å². The summed E-state index contributed by atoms with van der Waals surface area (Å²) in [7, 11) is 0. The van der Waals surface area contributed by atoms with Crippen LogP contribution in [0.25, 0.3) is 5.69 Å². The molecule has 0 amide bonds. The smallest absolute Gasteiger partial charge is 0.395 e. The van der Waals surface area contributed by atoms with Gasteiger partial charge in [-0.3, -0.25) is 0 Å². The highest BCUT2D eigenvalue weighted by molar-refractivity contribution is 5.34. The molecule has 2 aromatic rings. The number of aliphatic hydroxyl groups is 1. The normalized spacial score (nSPS) is 13.4. The second-order valence-electron chi connectivity index (χ2n) is 4.77. The van der Waals surface area contributed by atoms with Crippen molar-refractivity contribution in [1.29, 1.82) is 0 Å². The Morgan fingerprint density at radius 1 is 1.24 bits per heavy atom. The van der Waals surface area contributed by atoms with Gasteiger partial charge in [0.2, 0.25) is 0 Å². The van der Waals surface area contributed by atoms with Crippen LogP contribution in [-0.2, 0) is 12.7 Å². The fourth-order valence-corrected chi connectivity index (χ4v) is 1.74.